The summed E-state index contributed by atoms with van der Waals surface area (Å²) in [6.07, 6.45) is 0. The van der Waals surface area contributed by atoms with Crippen molar-refractivity contribution in [2.24, 2.45) is 7.05 Å². The van der Waals surface area contributed by atoms with Crippen LogP contribution in [0.4, 0.5) is 5.69 Å². The summed E-state index contributed by atoms with van der Waals surface area (Å²) in [7, 11) is 1.99. The minimum absolute atomic E-state index is 0.284. The van der Waals surface area contributed by atoms with E-state index in [1.165, 1.54) is 11.3 Å². The fourth-order valence-electron chi connectivity index (χ4n) is 2.80. The number of nitrogens with zero attached hydrogens (tertiary/aromatic N) is 2. The summed E-state index contributed by atoms with van der Waals surface area (Å²) in [5.74, 6) is 0.588. The second-order valence-corrected chi connectivity index (χ2v) is 8.04. The zero-order valence-electron chi connectivity index (χ0n) is 13.7. The summed E-state index contributed by atoms with van der Waals surface area (Å²) in [6.45, 7) is 0. The van der Waals surface area contributed by atoms with Gasteiger partial charge < -0.3 is 9.88 Å². The van der Waals surface area contributed by atoms with Crippen molar-refractivity contribution >= 4 is 57.2 Å². The molecule has 130 valence electrons. The van der Waals surface area contributed by atoms with Gasteiger partial charge in [-0.3, -0.25) is 4.79 Å². The molecule has 7 heteroatoms. The number of aromatic nitrogens is 2. The zero-order chi connectivity index (χ0) is 18.3. The lowest BCUT2D eigenvalue weighted by Gasteiger charge is -2.06. The normalized spacial score (nSPS) is 11.0. The smallest absolute Gasteiger partial charge is 0.258 e. The van der Waals surface area contributed by atoms with Crippen LogP contribution in [-0.4, -0.2) is 15.5 Å². The monoisotopic (exact) mass is 401 g/mol. The molecule has 2 aromatic heterocycles. The van der Waals surface area contributed by atoms with E-state index < -0.39 is 0 Å². The molecule has 0 bridgehead atoms. The number of rotatable bonds is 3. The van der Waals surface area contributed by atoms with Crippen molar-refractivity contribution in [1.82, 2.24) is 9.55 Å². The van der Waals surface area contributed by atoms with E-state index >= 15 is 0 Å². The summed E-state index contributed by atoms with van der Waals surface area (Å²) in [6, 6.07) is 17.1. The molecule has 0 saturated carbocycles. The molecule has 26 heavy (non-hydrogen) atoms. The van der Waals surface area contributed by atoms with Gasteiger partial charge in [0.05, 0.1) is 20.9 Å². The first kappa shape index (κ1) is 17.1. The third kappa shape index (κ3) is 3.09. The van der Waals surface area contributed by atoms with E-state index in [4.69, 9.17) is 23.2 Å². The summed E-state index contributed by atoms with van der Waals surface area (Å²) in [5, 5.41) is 2.83. The van der Waals surface area contributed by atoms with Crippen LogP contribution < -0.4 is 5.32 Å². The quantitative estimate of drug-likeness (QED) is 0.467. The fraction of sp³-hybridized carbons (Fsp3) is 0.0526. The van der Waals surface area contributed by atoms with E-state index in [-0.39, 0.29) is 5.91 Å². The first-order valence-electron chi connectivity index (χ1n) is 7.81. The Hall–Kier alpha value is -2.34. The number of hydrogen-bond acceptors (Lipinski definition) is 3. The molecular formula is C19H13Cl2N3OS. The van der Waals surface area contributed by atoms with Crippen LogP contribution in [0, 0.1) is 0 Å². The Morgan fingerprint density at radius 2 is 1.85 bits per heavy atom. The van der Waals surface area contributed by atoms with Crippen molar-refractivity contribution in [3.63, 3.8) is 0 Å². The van der Waals surface area contributed by atoms with E-state index in [1.54, 1.807) is 6.07 Å². The molecule has 0 aliphatic heterocycles. The number of carbonyl (C=O) groups is 1. The molecule has 4 rings (SSSR count). The van der Waals surface area contributed by atoms with Crippen LogP contribution >= 0.6 is 34.5 Å². The van der Waals surface area contributed by atoms with E-state index in [0.717, 1.165) is 22.4 Å². The van der Waals surface area contributed by atoms with Crippen LogP contribution in [0.2, 0.25) is 8.67 Å². The van der Waals surface area contributed by atoms with Crippen molar-refractivity contribution in [1.29, 1.82) is 0 Å². The van der Waals surface area contributed by atoms with Crippen LogP contribution in [0.1, 0.15) is 10.4 Å². The highest BCUT2D eigenvalue weighted by Crippen LogP contribution is 2.32. The molecular weight excluding hydrogens is 389 g/mol. The number of para-hydroxylation sites is 2. The van der Waals surface area contributed by atoms with Gasteiger partial charge in [-0.2, -0.15) is 0 Å². The molecule has 2 aromatic carbocycles. The second kappa shape index (κ2) is 6.76. The summed E-state index contributed by atoms with van der Waals surface area (Å²) in [5.41, 5.74) is 4.05. The minimum atomic E-state index is -0.284. The Morgan fingerprint density at radius 1 is 1.12 bits per heavy atom. The molecule has 0 fully saturated rings. The maximum Gasteiger partial charge on any atom is 0.258 e. The number of nitrogens with one attached hydrogen (secondary N) is 1. The predicted octanol–water partition coefficient (Wildman–Crippen LogP) is 5.86. The highest BCUT2D eigenvalue weighted by molar-refractivity contribution is 7.20. The molecule has 0 saturated heterocycles. The average molecular weight is 402 g/mol. The maximum atomic E-state index is 12.3. The topological polar surface area (TPSA) is 46.9 Å². The van der Waals surface area contributed by atoms with Crippen molar-refractivity contribution in [3.8, 4) is 11.4 Å². The van der Waals surface area contributed by atoms with Crippen LogP contribution in [-0.2, 0) is 7.05 Å². The number of amides is 1. The first-order valence-corrected chi connectivity index (χ1v) is 9.38. The number of aryl methyl sites for hydroxylation is 1. The Morgan fingerprint density at radius 3 is 2.50 bits per heavy atom. The van der Waals surface area contributed by atoms with Crippen molar-refractivity contribution < 1.29 is 4.79 Å². The van der Waals surface area contributed by atoms with Gasteiger partial charge in [-0.05, 0) is 42.5 Å². The SMILES string of the molecule is Cn1c(-c2ccc(NC(=O)c3cc(Cl)sc3Cl)cc2)nc2ccccc21. The molecule has 1 amide bonds. The molecule has 0 unspecified atom stereocenters. The predicted molar refractivity (Wildman–Crippen MR) is 108 cm³/mol. The molecule has 0 atom stereocenters. The zero-order valence-corrected chi connectivity index (χ0v) is 16.0. The number of imidazole rings is 1. The van der Waals surface area contributed by atoms with Crippen LogP contribution in [0.25, 0.3) is 22.4 Å². The molecule has 0 aliphatic rings. The van der Waals surface area contributed by atoms with Crippen LogP contribution in [0.3, 0.4) is 0 Å². The van der Waals surface area contributed by atoms with Gasteiger partial charge in [0.25, 0.3) is 5.91 Å². The third-order valence-electron chi connectivity index (χ3n) is 4.09. The molecule has 0 aliphatic carbocycles. The van der Waals surface area contributed by atoms with E-state index in [2.05, 4.69) is 14.9 Å². The van der Waals surface area contributed by atoms with E-state index in [9.17, 15) is 4.79 Å². The number of benzene rings is 2. The molecule has 0 radical (unpaired) electrons. The molecule has 2 heterocycles. The summed E-state index contributed by atoms with van der Waals surface area (Å²) < 4.78 is 2.91. The van der Waals surface area contributed by atoms with Crippen LogP contribution in [0.5, 0.6) is 0 Å². The lowest BCUT2D eigenvalue weighted by atomic mass is 10.2. The number of hydrogen-bond donors (Lipinski definition) is 1. The Bertz CT molecular complexity index is 1120. The van der Waals surface area contributed by atoms with Gasteiger partial charge in [-0.1, -0.05) is 35.3 Å². The largest absolute Gasteiger partial charge is 0.327 e. The van der Waals surface area contributed by atoms with Gasteiger partial charge >= 0.3 is 0 Å². The van der Waals surface area contributed by atoms with E-state index in [0.29, 0.717) is 19.9 Å². The van der Waals surface area contributed by atoms with E-state index in [1.807, 2.05) is 55.6 Å². The molecule has 4 aromatic rings. The third-order valence-corrected chi connectivity index (χ3v) is 5.58. The number of thiophene rings is 1. The van der Waals surface area contributed by atoms with Gasteiger partial charge in [0.2, 0.25) is 0 Å². The lowest BCUT2D eigenvalue weighted by molar-refractivity contribution is 0.102. The summed E-state index contributed by atoms with van der Waals surface area (Å²) in [4.78, 5) is 17.0. The maximum absolute atomic E-state index is 12.3. The Labute approximate surface area is 164 Å². The number of carbonyl (C=O) groups excluding carboxylic acids is 1. The molecule has 1 N–H and O–H groups in total. The highest BCUT2D eigenvalue weighted by atomic mass is 35.5. The highest BCUT2D eigenvalue weighted by Gasteiger charge is 2.15. The number of halogens is 2. The van der Waals surface area contributed by atoms with Gasteiger partial charge in [0, 0.05) is 18.3 Å². The van der Waals surface area contributed by atoms with Gasteiger partial charge in [-0.15, -0.1) is 11.3 Å². The van der Waals surface area contributed by atoms with Gasteiger partial charge in [-0.25, -0.2) is 4.98 Å². The van der Waals surface area contributed by atoms with Gasteiger partial charge in [0.15, 0.2) is 0 Å². The van der Waals surface area contributed by atoms with Crippen molar-refractivity contribution in [2.45, 2.75) is 0 Å². The fourth-order valence-corrected chi connectivity index (χ4v) is 4.26. The summed E-state index contributed by atoms with van der Waals surface area (Å²) >= 11 is 13.1. The minimum Gasteiger partial charge on any atom is -0.327 e. The number of anilines is 1. The average Bonchev–Trinajstić information content (AvgIpc) is 3.15. The standard InChI is InChI=1S/C19H13Cl2N3OS/c1-24-15-5-3-2-4-14(15)23-18(24)11-6-8-12(9-7-11)22-19(25)13-10-16(20)26-17(13)21/h2-10H,1H3,(H,22,25). The Balaban J connectivity index is 1.59. The van der Waals surface area contributed by atoms with Crippen molar-refractivity contribution in [2.75, 3.05) is 5.32 Å². The second-order valence-electron chi connectivity index (χ2n) is 5.75. The Kier molecular flexibility index (Phi) is 4.44. The molecule has 4 nitrogen and oxygen atoms in total. The lowest BCUT2D eigenvalue weighted by Crippen LogP contribution is -2.11. The first-order chi connectivity index (χ1) is 12.5. The van der Waals surface area contributed by atoms with Gasteiger partial charge in [0.1, 0.15) is 10.2 Å². The number of fused-ring (bicyclic) bond motifs is 1. The van der Waals surface area contributed by atoms with Crippen molar-refractivity contribution in [3.05, 3.63) is 68.8 Å². The molecule has 0 spiro atoms. The van der Waals surface area contributed by atoms with Crippen LogP contribution in [0.15, 0.2) is 54.6 Å².